The van der Waals surface area contributed by atoms with Crippen molar-refractivity contribution in [1.29, 1.82) is 0 Å². The first-order chi connectivity index (χ1) is 6.45. The Morgan fingerprint density at radius 2 is 1.64 bits per heavy atom. The monoisotopic (exact) mass is 208 g/mol. The van der Waals surface area contributed by atoms with Crippen LogP contribution in [0.4, 0.5) is 17.6 Å². The summed E-state index contributed by atoms with van der Waals surface area (Å²) < 4.78 is 53.6. The SMILES string of the molecule is COC(c1ccc(F)cc1)C(F)(F)F. The van der Waals surface area contributed by atoms with E-state index >= 15 is 0 Å². The van der Waals surface area contributed by atoms with Crippen molar-refractivity contribution in [2.75, 3.05) is 7.11 Å². The van der Waals surface area contributed by atoms with E-state index in [1.54, 1.807) is 0 Å². The van der Waals surface area contributed by atoms with Crippen LogP contribution in [0, 0.1) is 5.82 Å². The third kappa shape index (κ3) is 2.45. The van der Waals surface area contributed by atoms with Crippen molar-refractivity contribution in [1.82, 2.24) is 0 Å². The summed E-state index contributed by atoms with van der Waals surface area (Å²) in [5.41, 5.74) is -0.110. The maximum Gasteiger partial charge on any atom is 0.418 e. The van der Waals surface area contributed by atoms with Gasteiger partial charge in [0.2, 0.25) is 0 Å². The summed E-state index contributed by atoms with van der Waals surface area (Å²) in [5, 5.41) is 0. The Kier molecular flexibility index (Phi) is 3.10. The normalized spacial score (nSPS) is 14.1. The summed E-state index contributed by atoms with van der Waals surface area (Å²) in [6, 6.07) is 4.04. The molecule has 0 heterocycles. The number of ether oxygens (including phenoxy) is 1. The van der Waals surface area contributed by atoms with Gasteiger partial charge in [-0.2, -0.15) is 13.2 Å². The van der Waals surface area contributed by atoms with Crippen molar-refractivity contribution in [3.8, 4) is 0 Å². The highest BCUT2D eigenvalue weighted by molar-refractivity contribution is 5.19. The lowest BCUT2D eigenvalue weighted by Gasteiger charge is -2.18. The molecular formula is C9H8F4O. The van der Waals surface area contributed by atoms with Gasteiger partial charge in [-0.25, -0.2) is 4.39 Å². The van der Waals surface area contributed by atoms with Crippen LogP contribution in [0.2, 0.25) is 0 Å². The van der Waals surface area contributed by atoms with Gasteiger partial charge in [0.15, 0.2) is 6.10 Å². The molecule has 0 radical (unpaired) electrons. The molecule has 14 heavy (non-hydrogen) atoms. The summed E-state index contributed by atoms with van der Waals surface area (Å²) >= 11 is 0. The second-order valence-corrected chi connectivity index (χ2v) is 2.71. The second kappa shape index (κ2) is 3.96. The molecule has 1 rings (SSSR count). The number of benzene rings is 1. The quantitative estimate of drug-likeness (QED) is 0.678. The minimum absolute atomic E-state index is 0.110. The lowest BCUT2D eigenvalue weighted by molar-refractivity contribution is -0.215. The lowest BCUT2D eigenvalue weighted by Crippen LogP contribution is -2.22. The maximum absolute atomic E-state index is 12.4. The Bertz CT molecular complexity index is 291. The van der Waals surface area contributed by atoms with Crippen molar-refractivity contribution in [3.63, 3.8) is 0 Å². The van der Waals surface area contributed by atoms with Gasteiger partial charge in [-0.1, -0.05) is 12.1 Å². The van der Waals surface area contributed by atoms with E-state index in [1.165, 1.54) is 0 Å². The van der Waals surface area contributed by atoms with Crippen LogP contribution in [0.15, 0.2) is 24.3 Å². The Morgan fingerprint density at radius 3 is 2.00 bits per heavy atom. The van der Waals surface area contributed by atoms with Crippen LogP contribution in [0.3, 0.4) is 0 Å². The van der Waals surface area contributed by atoms with Gasteiger partial charge >= 0.3 is 6.18 Å². The smallest absolute Gasteiger partial charge is 0.367 e. The molecule has 0 fully saturated rings. The minimum atomic E-state index is -4.48. The van der Waals surface area contributed by atoms with Gasteiger partial charge in [-0.3, -0.25) is 0 Å². The van der Waals surface area contributed by atoms with E-state index < -0.39 is 18.1 Å². The highest BCUT2D eigenvalue weighted by atomic mass is 19.4. The number of hydrogen-bond acceptors (Lipinski definition) is 1. The summed E-state index contributed by atoms with van der Waals surface area (Å²) in [7, 11) is 0.960. The van der Waals surface area contributed by atoms with Crippen LogP contribution in [0.1, 0.15) is 11.7 Å². The summed E-state index contributed by atoms with van der Waals surface area (Å²) in [6.45, 7) is 0. The van der Waals surface area contributed by atoms with Gasteiger partial charge in [0.1, 0.15) is 5.82 Å². The van der Waals surface area contributed by atoms with Gasteiger partial charge < -0.3 is 4.74 Å². The topological polar surface area (TPSA) is 9.23 Å². The highest BCUT2D eigenvalue weighted by Crippen LogP contribution is 2.34. The molecule has 5 heteroatoms. The van der Waals surface area contributed by atoms with Crippen molar-refractivity contribution in [2.24, 2.45) is 0 Å². The molecule has 0 aliphatic rings. The number of alkyl halides is 3. The predicted molar refractivity (Wildman–Crippen MR) is 42.2 cm³/mol. The fraction of sp³-hybridized carbons (Fsp3) is 0.333. The molecule has 0 saturated heterocycles. The van der Waals surface area contributed by atoms with Crippen LogP contribution in [-0.2, 0) is 4.74 Å². The molecule has 0 spiro atoms. The third-order valence-electron chi connectivity index (χ3n) is 1.71. The van der Waals surface area contributed by atoms with Crippen molar-refractivity contribution in [3.05, 3.63) is 35.6 Å². The molecule has 1 atom stereocenters. The third-order valence-corrected chi connectivity index (χ3v) is 1.71. The fourth-order valence-electron chi connectivity index (χ4n) is 1.10. The van der Waals surface area contributed by atoms with E-state index in [-0.39, 0.29) is 5.56 Å². The Balaban J connectivity index is 2.96. The zero-order valence-electron chi connectivity index (χ0n) is 7.31. The first kappa shape index (κ1) is 11.0. The molecule has 1 unspecified atom stereocenters. The molecule has 0 aliphatic carbocycles. The molecule has 0 amide bonds. The summed E-state index contributed by atoms with van der Waals surface area (Å²) in [5.74, 6) is -0.578. The van der Waals surface area contributed by atoms with Crippen LogP contribution >= 0.6 is 0 Å². The summed E-state index contributed by atoms with van der Waals surface area (Å²) in [6.07, 6.45) is -6.48. The summed E-state index contributed by atoms with van der Waals surface area (Å²) in [4.78, 5) is 0. The highest BCUT2D eigenvalue weighted by Gasteiger charge is 2.41. The van der Waals surface area contributed by atoms with Crippen molar-refractivity contribution < 1.29 is 22.3 Å². The molecule has 0 N–H and O–H groups in total. The molecule has 0 bridgehead atoms. The zero-order valence-corrected chi connectivity index (χ0v) is 7.31. The second-order valence-electron chi connectivity index (χ2n) is 2.71. The Morgan fingerprint density at radius 1 is 1.14 bits per heavy atom. The fourth-order valence-corrected chi connectivity index (χ4v) is 1.10. The lowest BCUT2D eigenvalue weighted by atomic mass is 10.1. The molecule has 1 nitrogen and oxygen atoms in total. The average Bonchev–Trinajstić information content (AvgIpc) is 2.07. The Hall–Kier alpha value is -1.10. The van der Waals surface area contributed by atoms with E-state index in [0.29, 0.717) is 0 Å². The van der Waals surface area contributed by atoms with Gasteiger partial charge in [0.25, 0.3) is 0 Å². The number of rotatable bonds is 2. The van der Waals surface area contributed by atoms with Crippen LogP contribution in [0.25, 0.3) is 0 Å². The molecule has 0 aliphatic heterocycles. The maximum atomic E-state index is 12.4. The molecule has 1 aromatic carbocycles. The molecule has 0 saturated carbocycles. The molecule has 0 aromatic heterocycles. The van der Waals surface area contributed by atoms with Crippen LogP contribution < -0.4 is 0 Å². The Labute approximate surface area is 78.3 Å². The van der Waals surface area contributed by atoms with Crippen molar-refractivity contribution in [2.45, 2.75) is 12.3 Å². The first-order valence-corrected chi connectivity index (χ1v) is 3.80. The van der Waals surface area contributed by atoms with Crippen LogP contribution in [-0.4, -0.2) is 13.3 Å². The zero-order chi connectivity index (χ0) is 10.8. The number of halogens is 4. The molecule has 78 valence electrons. The first-order valence-electron chi connectivity index (χ1n) is 3.80. The van der Waals surface area contributed by atoms with Gasteiger partial charge in [-0.05, 0) is 17.7 Å². The van der Waals surface area contributed by atoms with E-state index in [2.05, 4.69) is 4.74 Å². The van der Waals surface area contributed by atoms with E-state index in [4.69, 9.17) is 0 Å². The van der Waals surface area contributed by atoms with E-state index in [0.717, 1.165) is 31.4 Å². The van der Waals surface area contributed by atoms with Crippen molar-refractivity contribution >= 4 is 0 Å². The molecule has 1 aromatic rings. The number of methoxy groups -OCH3 is 1. The van der Waals surface area contributed by atoms with Crippen LogP contribution in [0.5, 0.6) is 0 Å². The van der Waals surface area contributed by atoms with Gasteiger partial charge in [0.05, 0.1) is 0 Å². The van der Waals surface area contributed by atoms with Gasteiger partial charge in [0, 0.05) is 7.11 Å². The standard InChI is InChI=1S/C9H8F4O/c1-14-8(9(11,12)13)6-2-4-7(10)5-3-6/h2-5,8H,1H3. The van der Waals surface area contributed by atoms with E-state index in [1.807, 2.05) is 0 Å². The number of hydrogen-bond donors (Lipinski definition) is 0. The molecular weight excluding hydrogens is 200 g/mol. The van der Waals surface area contributed by atoms with Gasteiger partial charge in [-0.15, -0.1) is 0 Å². The van der Waals surface area contributed by atoms with E-state index in [9.17, 15) is 17.6 Å². The largest absolute Gasteiger partial charge is 0.418 e. The minimum Gasteiger partial charge on any atom is -0.367 e. The average molecular weight is 208 g/mol. The predicted octanol–water partition coefficient (Wildman–Crippen LogP) is 3.08.